The summed E-state index contributed by atoms with van der Waals surface area (Å²) in [6.07, 6.45) is 0. The second-order valence-electron chi connectivity index (χ2n) is 4.31. The number of carbonyl (C=O) groups excluding carboxylic acids is 2. The molecule has 0 atom stereocenters. The lowest BCUT2D eigenvalue weighted by Gasteiger charge is -2.07. The molecule has 0 unspecified atom stereocenters. The van der Waals surface area contributed by atoms with E-state index in [0.29, 0.717) is 12.3 Å². The lowest BCUT2D eigenvalue weighted by atomic mass is 10.2. The predicted molar refractivity (Wildman–Crippen MR) is 81.1 cm³/mol. The normalized spacial score (nSPS) is 9.91. The Bertz CT molecular complexity index is 668. The van der Waals surface area contributed by atoms with Crippen LogP contribution < -0.4 is 10.1 Å². The summed E-state index contributed by atoms with van der Waals surface area (Å²) in [5, 5.41) is 2.70. The Balaban J connectivity index is 2.10. The number of aromatic nitrogens is 1. The first kappa shape index (κ1) is 15.5. The summed E-state index contributed by atoms with van der Waals surface area (Å²) in [4.78, 5) is 27.5. The van der Waals surface area contributed by atoms with E-state index in [-0.39, 0.29) is 11.4 Å². The van der Waals surface area contributed by atoms with Gasteiger partial charge in [0.1, 0.15) is 17.1 Å². The summed E-state index contributed by atoms with van der Waals surface area (Å²) in [5.74, 6) is -0.267. The fraction of sp³-hybridized carbons (Fsp3) is 0.188. The van der Waals surface area contributed by atoms with E-state index in [0.717, 1.165) is 5.75 Å². The number of hydrogen-bond donors (Lipinski definition) is 1. The van der Waals surface area contributed by atoms with Gasteiger partial charge in [-0.25, -0.2) is 9.78 Å². The molecule has 6 nitrogen and oxygen atoms in total. The van der Waals surface area contributed by atoms with E-state index in [1.54, 1.807) is 30.3 Å². The summed E-state index contributed by atoms with van der Waals surface area (Å²) in [6.45, 7) is 2.48. The zero-order valence-electron chi connectivity index (χ0n) is 12.3. The van der Waals surface area contributed by atoms with E-state index in [9.17, 15) is 9.59 Å². The van der Waals surface area contributed by atoms with Gasteiger partial charge in [-0.15, -0.1) is 0 Å². The van der Waals surface area contributed by atoms with Crippen molar-refractivity contribution in [3.05, 3.63) is 53.9 Å². The first-order valence-electron chi connectivity index (χ1n) is 6.73. The number of amides is 1. The second kappa shape index (κ2) is 7.21. The zero-order chi connectivity index (χ0) is 15.9. The van der Waals surface area contributed by atoms with Crippen molar-refractivity contribution >= 4 is 17.6 Å². The van der Waals surface area contributed by atoms with Crippen molar-refractivity contribution in [1.29, 1.82) is 0 Å². The molecular formula is C16H16N2O4. The van der Waals surface area contributed by atoms with Gasteiger partial charge in [-0.2, -0.15) is 0 Å². The van der Waals surface area contributed by atoms with Crippen molar-refractivity contribution < 1.29 is 19.1 Å². The largest absolute Gasteiger partial charge is 0.494 e. The van der Waals surface area contributed by atoms with Crippen molar-refractivity contribution in [3.63, 3.8) is 0 Å². The van der Waals surface area contributed by atoms with Crippen LogP contribution in [0.4, 0.5) is 5.69 Å². The van der Waals surface area contributed by atoms with Gasteiger partial charge in [0.25, 0.3) is 5.91 Å². The van der Waals surface area contributed by atoms with Crippen LogP contribution in [0.5, 0.6) is 5.75 Å². The standard InChI is InChI=1S/C16H16N2O4/c1-3-22-12-9-7-11(8-10-12)17-15(19)13-5-4-6-14(18-13)16(20)21-2/h4-10H,3H2,1-2H3,(H,17,19). The molecule has 0 fully saturated rings. The molecule has 0 aliphatic rings. The monoisotopic (exact) mass is 300 g/mol. The molecule has 0 saturated carbocycles. The molecule has 0 spiro atoms. The number of methoxy groups -OCH3 is 1. The van der Waals surface area contributed by atoms with E-state index >= 15 is 0 Å². The van der Waals surface area contributed by atoms with E-state index in [4.69, 9.17) is 4.74 Å². The van der Waals surface area contributed by atoms with E-state index in [2.05, 4.69) is 15.0 Å². The van der Waals surface area contributed by atoms with Crippen LogP contribution in [0.1, 0.15) is 27.9 Å². The average molecular weight is 300 g/mol. The van der Waals surface area contributed by atoms with E-state index < -0.39 is 11.9 Å². The molecule has 1 aromatic heterocycles. The molecule has 1 aromatic carbocycles. The highest BCUT2D eigenvalue weighted by molar-refractivity contribution is 6.03. The number of carbonyl (C=O) groups is 2. The molecule has 2 aromatic rings. The number of anilines is 1. The van der Waals surface area contributed by atoms with Gasteiger partial charge >= 0.3 is 5.97 Å². The first-order valence-corrected chi connectivity index (χ1v) is 6.73. The van der Waals surface area contributed by atoms with Gasteiger partial charge in [0.15, 0.2) is 0 Å². The molecule has 1 N–H and O–H groups in total. The molecule has 0 radical (unpaired) electrons. The Labute approximate surface area is 128 Å². The van der Waals surface area contributed by atoms with Crippen LogP contribution in [-0.2, 0) is 4.74 Å². The third-order valence-electron chi connectivity index (χ3n) is 2.80. The maximum Gasteiger partial charge on any atom is 0.356 e. The Morgan fingerprint density at radius 1 is 1.09 bits per heavy atom. The number of nitrogens with one attached hydrogen (secondary N) is 1. The number of rotatable bonds is 5. The van der Waals surface area contributed by atoms with Crippen molar-refractivity contribution in [2.75, 3.05) is 19.0 Å². The van der Waals surface area contributed by atoms with Gasteiger partial charge < -0.3 is 14.8 Å². The molecule has 6 heteroatoms. The number of benzene rings is 1. The molecule has 22 heavy (non-hydrogen) atoms. The van der Waals surface area contributed by atoms with Gasteiger partial charge in [-0.05, 0) is 43.3 Å². The Morgan fingerprint density at radius 2 is 1.77 bits per heavy atom. The van der Waals surface area contributed by atoms with Crippen molar-refractivity contribution in [3.8, 4) is 5.75 Å². The molecule has 114 valence electrons. The highest BCUT2D eigenvalue weighted by atomic mass is 16.5. The SMILES string of the molecule is CCOc1ccc(NC(=O)c2cccc(C(=O)OC)n2)cc1. The number of esters is 1. The minimum Gasteiger partial charge on any atom is -0.494 e. The molecule has 1 heterocycles. The van der Waals surface area contributed by atoms with Crippen molar-refractivity contribution in [2.24, 2.45) is 0 Å². The maximum absolute atomic E-state index is 12.1. The number of pyridine rings is 1. The molecular weight excluding hydrogens is 284 g/mol. The fourth-order valence-corrected chi connectivity index (χ4v) is 1.78. The number of ether oxygens (including phenoxy) is 2. The maximum atomic E-state index is 12.1. The van der Waals surface area contributed by atoms with Crippen LogP contribution in [0.2, 0.25) is 0 Å². The van der Waals surface area contributed by atoms with Crippen LogP contribution in [-0.4, -0.2) is 30.6 Å². The smallest absolute Gasteiger partial charge is 0.356 e. The molecule has 0 aliphatic carbocycles. The van der Waals surface area contributed by atoms with Gasteiger partial charge in [0, 0.05) is 5.69 Å². The molecule has 2 rings (SSSR count). The highest BCUT2D eigenvalue weighted by Crippen LogP contribution is 2.16. The minimum atomic E-state index is -0.587. The minimum absolute atomic E-state index is 0.0850. The first-order chi connectivity index (χ1) is 10.6. The fourth-order valence-electron chi connectivity index (χ4n) is 1.78. The quantitative estimate of drug-likeness (QED) is 0.858. The Hall–Kier alpha value is -2.89. The van der Waals surface area contributed by atoms with Gasteiger partial charge in [0.2, 0.25) is 0 Å². The van der Waals surface area contributed by atoms with Crippen molar-refractivity contribution in [2.45, 2.75) is 6.92 Å². The lowest BCUT2D eigenvalue weighted by molar-refractivity contribution is 0.0594. The average Bonchev–Trinajstić information content (AvgIpc) is 2.56. The van der Waals surface area contributed by atoms with Crippen LogP contribution in [0, 0.1) is 0 Å². The molecule has 0 saturated heterocycles. The zero-order valence-corrected chi connectivity index (χ0v) is 12.3. The Morgan fingerprint density at radius 3 is 2.41 bits per heavy atom. The van der Waals surface area contributed by atoms with E-state index in [1.807, 2.05) is 6.92 Å². The predicted octanol–water partition coefficient (Wildman–Crippen LogP) is 2.52. The summed E-state index contributed by atoms with van der Waals surface area (Å²) >= 11 is 0. The number of nitrogens with zero attached hydrogens (tertiary/aromatic N) is 1. The third-order valence-corrected chi connectivity index (χ3v) is 2.80. The van der Waals surface area contributed by atoms with Gasteiger partial charge in [-0.1, -0.05) is 6.07 Å². The van der Waals surface area contributed by atoms with E-state index in [1.165, 1.54) is 19.2 Å². The second-order valence-corrected chi connectivity index (χ2v) is 4.31. The van der Waals surface area contributed by atoms with Crippen LogP contribution in [0.3, 0.4) is 0 Å². The van der Waals surface area contributed by atoms with Gasteiger partial charge in [-0.3, -0.25) is 4.79 Å². The summed E-state index contributed by atoms with van der Waals surface area (Å²) < 4.78 is 9.91. The molecule has 1 amide bonds. The summed E-state index contributed by atoms with van der Waals surface area (Å²) in [5.41, 5.74) is 0.831. The van der Waals surface area contributed by atoms with Crippen molar-refractivity contribution in [1.82, 2.24) is 4.98 Å². The number of hydrogen-bond acceptors (Lipinski definition) is 5. The third kappa shape index (κ3) is 3.82. The van der Waals surface area contributed by atoms with Crippen LogP contribution in [0.15, 0.2) is 42.5 Å². The summed E-state index contributed by atoms with van der Waals surface area (Å²) in [6, 6.07) is 11.6. The highest BCUT2D eigenvalue weighted by Gasteiger charge is 2.12. The lowest BCUT2D eigenvalue weighted by Crippen LogP contribution is -2.15. The molecule has 0 bridgehead atoms. The Kier molecular flexibility index (Phi) is 5.08. The van der Waals surface area contributed by atoms with Gasteiger partial charge in [0.05, 0.1) is 13.7 Å². The molecule has 0 aliphatic heterocycles. The topological polar surface area (TPSA) is 77.5 Å². The van der Waals surface area contributed by atoms with Crippen LogP contribution >= 0.6 is 0 Å². The van der Waals surface area contributed by atoms with Crippen LogP contribution in [0.25, 0.3) is 0 Å². The summed E-state index contributed by atoms with van der Waals surface area (Å²) in [7, 11) is 1.26.